The average Bonchev–Trinajstić information content (AvgIpc) is 2.30. The van der Waals surface area contributed by atoms with Crippen molar-refractivity contribution in [2.45, 2.75) is 19.3 Å². The molecule has 0 bridgehead atoms. The molecular weight excluding hydrogens is 180 g/mol. The fourth-order valence-electron chi connectivity index (χ4n) is 2.08. The van der Waals surface area contributed by atoms with Gasteiger partial charge in [0.2, 0.25) is 0 Å². The van der Waals surface area contributed by atoms with E-state index in [4.69, 9.17) is 0 Å². The number of benzene rings is 1. The lowest BCUT2D eigenvalue weighted by Gasteiger charge is -2.33. The predicted octanol–water partition coefficient (Wildman–Crippen LogP) is 4.13. The van der Waals surface area contributed by atoms with Gasteiger partial charge in [-0.05, 0) is 30.2 Å². The molecule has 2 atom stereocenters. The third-order valence-corrected chi connectivity index (χ3v) is 3.34. The first-order chi connectivity index (χ1) is 7.22. The highest BCUT2D eigenvalue weighted by Crippen LogP contribution is 2.41. The van der Waals surface area contributed by atoms with Gasteiger partial charge in [0.05, 0.1) is 0 Å². The van der Waals surface area contributed by atoms with E-state index < -0.39 is 0 Å². The highest BCUT2D eigenvalue weighted by molar-refractivity contribution is 5.28. The van der Waals surface area contributed by atoms with Crippen LogP contribution in [-0.2, 0) is 0 Å². The highest BCUT2D eigenvalue weighted by Gasteiger charge is 2.29. The summed E-state index contributed by atoms with van der Waals surface area (Å²) < 4.78 is 0. The van der Waals surface area contributed by atoms with Crippen LogP contribution in [0, 0.1) is 12.3 Å². The van der Waals surface area contributed by atoms with Gasteiger partial charge in [0.1, 0.15) is 0 Å². The lowest BCUT2D eigenvalue weighted by molar-refractivity contribution is 0.405. The van der Waals surface area contributed by atoms with E-state index in [2.05, 4.69) is 68.5 Å². The van der Waals surface area contributed by atoms with Gasteiger partial charge in [-0.25, -0.2) is 0 Å². The summed E-state index contributed by atoms with van der Waals surface area (Å²) in [6.45, 7) is 6.62. The van der Waals surface area contributed by atoms with Crippen molar-refractivity contribution < 1.29 is 0 Å². The summed E-state index contributed by atoms with van der Waals surface area (Å²) in [4.78, 5) is 0. The number of hydrogen-bond donors (Lipinski definition) is 0. The van der Waals surface area contributed by atoms with E-state index in [0.29, 0.717) is 5.92 Å². The zero-order valence-electron chi connectivity index (χ0n) is 9.19. The van der Waals surface area contributed by atoms with Crippen molar-refractivity contribution >= 4 is 0 Å². The smallest absolute Gasteiger partial charge is 0.00143 e. The van der Waals surface area contributed by atoms with Gasteiger partial charge in [0.25, 0.3) is 0 Å². The van der Waals surface area contributed by atoms with E-state index in [1.807, 2.05) is 0 Å². The lowest BCUT2D eigenvalue weighted by atomic mass is 9.71. The lowest BCUT2D eigenvalue weighted by Crippen LogP contribution is -2.22. The number of hydrogen-bond acceptors (Lipinski definition) is 0. The van der Waals surface area contributed by atoms with Gasteiger partial charge in [-0.15, -0.1) is 0 Å². The van der Waals surface area contributed by atoms with Gasteiger partial charge in [0.15, 0.2) is 0 Å². The SMILES string of the molecule is [CH2][C@]1(C(C)c2ccccc2)C=CC=CC1. The maximum Gasteiger partial charge on any atom is -0.00143 e. The molecule has 0 heterocycles. The minimum Gasteiger partial charge on any atom is -0.0837 e. The van der Waals surface area contributed by atoms with Gasteiger partial charge in [0, 0.05) is 0 Å². The van der Waals surface area contributed by atoms with Gasteiger partial charge in [-0.2, -0.15) is 0 Å². The molecular formula is C15H17. The Kier molecular flexibility index (Phi) is 2.77. The summed E-state index contributed by atoms with van der Waals surface area (Å²) in [5, 5.41) is 0. The molecule has 0 nitrogen and oxygen atoms in total. The summed E-state index contributed by atoms with van der Waals surface area (Å²) in [6, 6.07) is 10.6. The Hall–Kier alpha value is -1.30. The topological polar surface area (TPSA) is 0 Å². The van der Waals surface area contributed by atoms with Crippen LogP contribution in [0.5, 0.6) is 0 Å². The number of rotatable bonds is 2. The minimum atomic E-state index is 0.0239. The van der Waals surface area contributed by atoms with Gasteiger partial charge in [-0.1, -0.05) is 61.6 Å². The third-order valence-electron chi connectivity index (χ3n) is 3.34. The fraction of sp³-hybridized carbons (Fsp3) is 0.267. The Morgan fingerprint density at radius 2 is 1.93 bits per heavy atom. The van der Waals surface area contributed by atoms with Crippen LogP contribution in [0.2, 0.25) is 0 Å². The molecule has 77 valence electrons. The van der Waals surface area contributed by atoms with Crippen molar-refractivity contribution in [3.63, 3.8) is 0 Å². The maximum atomic E-state index is 4.37. The van der Waals surface area contributed by atoms with Crippen molar-refractivity contribution in [1.29, 1.82) is 0 Å². The first-order valence-corrected chi connectivity index (χ1v) is 5.47. The summed E-state index contributed by atoms with van der Waals surface area (Å²) in [5.74, 6) is 0.458. The van der Waals surface area contributed by atoms with Crippen molar-refractivity contribution in [2.75, 3.05) is 0 Å². The Labute approximate surface area is 92.3 Å². The highest BCUT2D eigenvalue weighted by atomic mass is 14.3. The molecule has 0 spiro atoms. The molecule has 0 amide bonds. The van der Waals surface area contributed by atoms with E-state index in [-0.39, 0.29) is 5.41 Å². The Balaban J connectivity index is 2.24. The molecule has 0 saturated carbocycles. The standard InChI is InChI=1S/C15H17/c1-13(14-9-5-3-6-10-14)15(2)11-7-4-8-12-15/h3-11,13H,2,12H2,1H3/t13?,15-/m0/s1. The molecule has 15 heavy (non-hydrogen) atoms. The van der Waals surface area contributed by atoms with Gasteiger partial charge >= 0.3 is 0 Å². The van der Waals surface area contributed by atoms with Crippen LogP contribution >= 0.6 is 0 Å². The van der Waals surface area contributed by atoms with E-state index in [1.165, 1.54) is 5.56 Å². The van der Waals surface area contributed by atoms with Crippen molar-refractivity contribution in [1.82, 2.24) is 0 Å². The Morgan fingerprint density at radius 1 is 1.20 bits per heavy atom. The molecule has 0 heteroatoms. The van der Waals surface area contributed by atoms with Crippen molar-refractivity contribution in [3.8, 4) is 0 Å². The zero-order chi connectivity index (χ0) is 10.7. The minimum absolute atomic E-state index is 0.0239. The summed E-state index contributed by atoms with van der Waals surface area (Å²) >= 11 is 0. The fourth-order valence-corrected chi connectivity index (χ4v) is 2.08. The summed E-state index contributed by atoms with van der Waals surface area (Å²) in [6.07, 6.45) is 9.66. The summed E-state index contributed by atoms with van der Waals surface area (Å²) in [5.41, 5.74) is 1.39. The van der Waals surface area contributed by atoms with Crippen LogP contribution in [0.4, 0.5) is 0 Å². The van der Waals surface area contributed by atoms with Crippen molar-refractivity contribution in [2.24, 2.45) is 5.41 Å². The summed E-state index contributed by atoms with van der Waals surface area (Å²) in [7, 11) is 0. The van der Waals surface area contributed by atoms with E-state index in [0.717, 1.165) is 6.42 Å². The largest absolute Gasteiger partial charge is 0.0837 e. The molecule has 1 radical (unpaired) electrons. The molecule has 1 aliphatic rings. The Bertz CT molecular complexity index is 372. The second-order valence-electron chi connectivity index (χ2n) is 4.36. The Morgan fingerprint density at radius 3 is 2.53 bits per heavy atom. The molecule has 0 N–H and O–H groups in total. The first kappa shape index (κ1) is 10.2. The molecule has 0 aromatic heterocycles. The van der Waals surface area contributed by atoms with Crippen LogP contribution in [0.15, 0.2) is 54.6 Å². The molecule has 0 saturated heterocycles. The quantitative estimate of drug-likeness (QED) is 0.668. The van der Waals surface area contributed by atoms with Crippen LogP contribution in [0.1, 0.15) is 24.8 Å². The van der Waals surface area contributed by atoms with Crippen molar-refractivity contribution in [3.05, 3.63) is 67.1 Å². The van der Waals surface area contributed by atoms with Crippen LogP contribution in [-0.4, -0.2) is 0 Å². The monoisotopic (exact) mass is 197 g/mol. The van der Waals surface area contributed by atoms with E-state index in [1.54, 1.807) is 0 Å². The third kappa shape index (κ3) is 2.04. The molecule has 1 unspecified atom stereocenters. The molecule has 1 aliphatic carbocycles. The van der Waals surface area contributed by atoms with Gasteiger partial charge < -0.3 is 0 Å². The molecule has 0 fully saturated rings. The number of allylic oxidation sites excluding steroid dienone is 4. The zero-order valence-corrected chi connectivity index (χ0v) is 9.19. The second kappa shape index (κ2) is 4.06. The molecule has 2 rings (SSSR count). The molecule has 1 aromatic rings. The second-order valence-corrected chi connectivity index (χ2v) is 4.36. The maximum absolute atomic E-state index is 4.37. The average molecular weight is 197 g/mol. The molecule has 1 aromatic carbocycles. The normalized spacial score (nSPS) is 26.5. The van der Waals surface area contributed by atoms with Gasteiger partial charge in [-0.3, -0.25) is 0 Å². The van der Waals surface area contributed by atoms with Crippen LogP contribution in [0.3, 0.4) is 0 Å². The molecule has 0 aliphatic heterocycles. The van der Waals surface area contributed by atoms with E-state index in [9.17, 15) is 0 Å². The van der Waals surface area contributed by atoms with Crippen LogP contribution in [0.25, 0.3) is 0 Å². The van der Waals surface area contributed by atoms with E-state index >= 15 is 0 Å². The van der Waals surface area contributed by atoms with Crippen LogP contribution < -0.4 is 0 Å². The predicted molar refractivity (Wildman–Crippen MR) is 65.5 cm³/mol. The first-order valence-electron chi connectivity index (χ1n) is 5.47.